The van der Waals surface area contributed by atoms with Gasteiger partial charge in [0.15, 0.2) is 11.5 Å². The summed E-state index contributed by atoms with van der Waals surface area (Å²) in [6, 6.07) is 14.5. The summed E-state index contributed by atoms with van der Waals surface area (Å²) in [5, 5.41) is 1.32. The first-order valence-electron chi connectivity index (χ1n) is 12.5. The molecule has 0 amide bonds. The van der Waals surface area contributed by atoms with Crippen LogP contribution in [0.2, 0.25) is 0 Å². The summed E-state index contributed by atoms with van der Waals surface area (Å²) in [5.41, 5.74) is 3.74. The summed E-state index contributed by atoms with van der Waals surface area (Å²) in [7, 11) is 1.54. The van der Waals surface area contributed by atoms with Crippen LogP contribution in [0.1, 0.15) is 68.9 Å². The van der Waals surface area contributed by atoms with Crippen molar-refractivity contribution >= 4 is 26.8 Å². The van der Waals surface area contributed by atoms with Gasteiger partial charge in [-0.2, -0.15) is 0 Å². The monoisotopic (exact) mass is 529 g/mol. The molecule has 1 fully saturated rings. The van der Waals surface area contributed by atoms with Gasteiger partial charge in [0.05, 0.1) is 24.9 Å². The highest BCUT2D eigenvalue weighted by Gasteiger charge is 2.24. The molecule has 5 nitrogen and oxygen atoms in total. The number of aromatic nitrogens is 1. The summed E-state index contributed by atoms with van der Waals surface area (Å²) in [4.78, 5) is 10.0. The Balaban J connectivity index is 1.57. The third-order valence-corrected chi connectivity index (χ3v) is 7.49. The molecule has 0 spiro atoms. The Bertz CT molecular complexity index is 1060. The average molecular weight is 531 g/mol. The van der Waals surface area contributed by atoms with Gasteiger partial charge < -0.3 is 14.0 Å². The molecule has 2 aromatic carbocycles. The maximum absolute atomic E-state index is 6.21. The van der Waals surface area contributed by atoms with Gasteiger partial charge in [-0.3, -0.25) is 0 Å². The highest BCUT2D eigenvalue weighted by molar-refractivity contribution is 9.10. The first-order chi connectivity index (χ1) is 16.7. The van der Waals surface area contributed by atoms with Crippen molar-refractivity contribution in [3.8, 4) is 11.5 Å². The van der Waals surface area contributed by atoms with Gasteiger partial charge in [-0.1, -0.05) is 56.9 Å². The molecule has 0 aliphatic heterocycles. The topological polar surface area (TPSA) is 41.9 Å². The van der Waals surface area contributed by atoms with Crippen LogP contribution >= 0.6 is 15.9 Å². The van der Waals surface area contributed by atoms with Crippen molar-refractivity contribution in [2.45, 2.75) is 70.9 Å². The number of hydrogen-bond acceptors (Lipinski definition) is 4. The van der Waals surface area contributed by atoms with Gasteiger partial charge in [0, 0.05) is 10.9 Å². The number of nitrogens with zero attached hydrogens (tertiary/aromatic N) is 1. The zero-order valence-corrected chi connectivity index (χ0v) is 21.9. The van der Waals surface area contributed by atoms with Crippen LogP contribution in [0.25, 0.3) is 10.9 Å². The Kier molecular flexibility index (Phi) is 9.31. The Hall–Kier alpha value is -2.02. The van der Waals surface area contributed by atoms with Crippen molar-refractivity contribution in [2.75, 3.05) is 20.3 Å². The molecule has 0 unspecified atom stereocenters. The Labute approximate surface area is 211 Å². The molecule has 0 radical (unpaired) electrons. The fourth-order valence-electron chi connectivity index (χ4n) is 4.87. The predicted octanol–water partition coefficient (Wildman–Crippen LogP) is 7.79. The molecule has 0 saturated heterocycles. The van der Waals surface area contributed by atoms with Crippen LogP contribution in [0, 0.1) is 0 Å². The summed E-state index contributed by atoms with van der Waals surface area (Å²) < 4.78 is 15.7. The second-order valence-corrected chi connectivity index (χ2v) is 9.72. The number of halogens is 1. The highest BCUT2D eigenvalue weighted by atomic mass is 79.9. The average Bonchev–Trinajstić information content (AvgIpc) is 3.15. The van der Waals surface area contributed by atoms with Crippen molar-refractivity contribution < 1.29 is 19.2 Å². The molecular weight excluding hydrogens is 494 g/mol. The van der Waals surface area contributed by atoms with Crippen molar-refractivity contribution in [2.24, 2.45) is 0 Å². The van der Waals surface area contributed by atoms with E-state index in [-0.39, 0.29) is 0 Å². The molecule has 0 N–H and O–H groups in total. The van der Waals surface area contributed by atoms with E-state index in [1.54, 1.807) is 7.11 Å². The van der Waals surface area contributed by atoms with E-state index in [0.29, 0.717) is 25.7 Å². The molecule has 1 aliphatic rings. The normalized spacial score (nSPS) is 14.6. The molecule has 34 heavy (non-hydrogen) atoms. The van der Waals surface area contributed by atoms with Gasteiger partial charge in [-0.05, 0) is 70.4 Å². The fourth-order valence-corrected chi connectivity index (χ4v) is 5.77. The number of rotatable bonds is 12. The molecule has 0 bridgehead atoms. The van der Waals surface area contributed by atoms with E-state index in [1.165, 1.54) is 53.2 Å². The third kappa shape index (κ3) is 5.96. The molecule has 1 aliphatic carbocycles. The lowest BCUT2D eigenvalue weighted by Gasteiger charge is -2.22. The van der Waals surface area contributed by atoms with Gasteiger partial charge in [0.25, 0.3) is 0 Å². The van der Waals surface area contributed by atoms with Gasteiger partial charge in [0.2, 0.25) is 0 Å². The lowest BCUT2D eigenvalue weighted by Crippen LogP contribution is -2.10. The van der Waals surface area contributed by atoms with E-state index in [1.807, 2.05) is 24.3 Å². The fraction of sp³-hybridized carbons (Fsp3) is 0.500. The van der Waals surface area contributed by atoms with E-state index in [9.17, 15) is 0 Å². The summed E-state index contributed by atoms with van der Waals surface area (Å²) in [6.07, 6.45) is 8.62. The Morgan fingerprint density at radius 2 is 1.71 bits per heavy atom. The molecule has 1 heterocycles. The predicted molar refractivity (Wildman–Crippen MR) is 140 cm³/mol. The minimum absolute atomic E-state index is 0.424. The summed E-state index contributed by atoms with van der Waals surface area (Å²) in [6.45, 7) is 4.59. The van der Waals surface area contributed by atoms with Crippen molar-refractivity contribution in [3.05, 3.63) is 58.2 Å². The van der Waals surface area contributed by atoms with E-state index < -0.39 is 0 Å². The first kappa shape index (κ1) is 25.1. The minimum Gasteiger partial charge on any atom is -0.490 e. The van der Waals surface area contributed by atoms with E-state index in [4.69, 9.17) is 19.2 Å². The van der Waals surface area contributed by atoms with Crippen LogP contribution in [0.4, 0.5) is 0 Å². The van der Waals surface area contributed by atoms with E-state index in [0.717, 1.165) is 36.4 Å². The minimum atomic E-state index is 0.424. The SMILES string of the molecule is CCCCOc1ccccc1OCCn1c(Br)c(C2CCCCC2)c2ccc(COOC)cc21. The lowest BCUT2D eigenvalue weighted by atomic mass is 9.84. The molecule has 4 rings (SSSR count). The Morgan fingerprint density at radius 1 is 0.971 bits per heavy atom. The number of benzene rings is 2. The molecule has 0 atom stereocenters. The van der Waals surface area contributed by atoms with Crippen LogP contribution in [-0.2, 0) is 22.9 Å². The van der Waals surface area contributed by atoms with Gasteiger partial charge in [-0.15, -0.1) is 0 Å². The van der Waals surface area contributed by atoms with Crippen LogP contribution in [0.5, 0.6) is 11.5 Å². The number of unbranched alkanes of at least 4 members (excludes halogenated alkanes) is 1. The molecule has 3 aromatic rings. The Morgan fingerprint density at radius 3 is 2.41 bits per heavy atom. The van der Waals surface area contributed by atoms with Crippen LogP contribution in [0.15, 0.2) is 47.1 Å². The first-order valence-corrected chi connectivity index (χ1v) is 13.3. The van der Waals surface area contributed by atoms with Gasteiger partial charge in [0.1, 0.15) is 13.2 Å². The lowest BCUT2D eigenvalue weighted by molar-refractivity contribution is -0.282. The molecule has 6 heteroatoms. The second kappa shape index (κ2) is 12.6. The van der Waals surface area contributed by atoms with Crippen LogP contribution in [-0.4, -0.2) is 24.9 Å². The maximum atomic E-state index is 6.21. The molecule has 1 saturated carbocycles. The zero-order valence-electron chi connectivity index (χ0n) is 20.4. The van der Waals surface area contributed by atoms with E-state index >= 15 is 0 Å². The van der Waals surface area contributed by atoms with Gasteiger partial charge in [-0.25, -0.2) is 9.78 Å². The molecule has 1 aromatic heterocycles. The largest absolute Gasteiger partial charge is 0.490 e. The highest BCUT2D eigenvalue weighted by Crippen LogP contribution is 2.42. The van der Waals surface area contributed by atoms with Crippen molar-refractivity contribution in [1.82, 2.24) is 4.57 Å². The molecule has 184 valence electrons. The zero-order chi connectivity index (χ0) is 23.8. The number of para-hydroxylation sites is 2. The van der Waals surface area contributed by atoms with Crippen LogP contribution in [0.3, 0.4) is 0 Å². The van der Waals surface area contributed by atoms with Gasteiger partial charge >= 0.3 is 0 Å². The van der Waals surface area contributed by atoms with E-state index in [2.05, 4.69) is 45.6 Å². The van der Waals surface area contributed by atoms with Crippen molar-refractivity contribution in [3.63, 3.8) is 0 Å². The van der Waals surface area contributed by atoms with Crippen LogP contribution < -0.4 is 9.47 Å². The number of hydrogen-bond donors (Lipinski definition) is 0. The number of fused-ring (bicyclic) bond motifs is 1. The quantitative estimate of drug-likeness (QED) is 0.136. The number of ether oxygens (including phenoxy) is 2. The maximum Gasteiger partial charge on any atom is 0.161 e. The van der Waals surface area contributed by atoms with Crippen molar-refractivity contribution in [1.29, 1.82) is 0 Å². The second-order valence-electron chi connectivity index (χ2n) is 8.97. The summed E-state index contributed by atoms with van der Waals surface area (Å²) >= 11 is 3.98. The molecular formula is C28H36BrNO4. The standard InChI is InChI=1S/C28H36BrNO4/c1-3-4-17-32-25-12-8-9-13-26(25)33-18-16-30-24-19-21(20-34-31-2)14-15-23(24)27(28(30)29)22-10-6-5-7-11-22/h8-9,12-15,19,22H,3-7,10-11,16-18,20H2,1-2H3. The summed E-state index contributed by atoms with van der Waals surface area (Å²) in [5.74, 6) is 2.21. The smallest absolute Gasteiger partial charge is 0.161 e. The third-order valence-electron chi connectivity index (χ3n) is 6.64.